The molecule has 1 aliphatic carbocycles. The number of hydrogen-bond acceptors (Lipinski definition) is 5. The molecule has 26 heavy (non-hydrogen) atoms. The Morgan fingerprint density at radius 2 is 1.88 bits per heavy atom. The summed E-state index contributed by atoms with van der Waals surface area (Å²) in [6, 6.07) is 1.88. The molecule has 0 aliphatic heterocycles. The van der Waals surface area contributed by atoms with Crippen molar-refractivity contribution in [2.75, 3.05) is 19.0 Å². The summed E-state index contributed by atoms with van der Waals surface area (Å²) in [5.74, 6) is -2.84. The molecule has 0 spiro atoms. The number of benzene rings is 1. The Labute approximate surface area is 150 Å². The SMILES string of the molecule is CN(C)c1nc(C(F)(F)F)nn1-c1cc(S(=O)(=O)Cl)c(C2CC2)cc1F. The van der Waals surface area contributed by atoms with Crippen LogP contribution in [-0.4, -0.2) is 37.3 Å². The van der Waals surface area contributed by atoms with Crippen molar-refractivity contribution in [1.29, 1.82) is 0 Å². The van der Waals surface area contributed by atoms with E-state index in [9.17, 15) is 26.0 Å². The Morgan fingerprint density at radius 1 is 1.27 bits per heavy atom. The topological polar surface area (TPSA) is 68.1 Å². The maximum Gasteiger partial charge on any atom is 0.453 e. The van der Waals surface area contributed by atoms with E-state index in [2.05, 4.69) is 10.1 Å². The Bertz CT molecular complexity index is 968. The van der Waals surface area contributed by atoms with Crippen molar-refractivity contribution in [2.45, 2.75) is 29.8 Å². The average molecular weight is 413 g/mol. The molecule has 1 aromatic carbocycles. The Kier molecular flexibility index (Phi) is 4.42. The second kappa shape index (κ2) is 6.08. The largest absolute Gasteiger partial charge is 0.453 e. The highest BCUT2D eigenvalue weighted by Gasteiger charge is 2.38. The van der Waals surface area contributed by atoms with E-state index >= 15 is 0 Å². The fraction of sp³-hybridized carbons (Fsp3) is 0.429. The highest BCUT2D eigenvalue weighted by Crippen LogP contribution is 2.44. The predicted octanol–water partition coefficient (Wildman–Crippen LogP) is 3.30. The van der Waals surface area contributed by atoms with Gasteiger partial charge < -0.3 is 4.90 Å². The first-order valence-corrected chi connectivity index (χ1v) is 9.70. The minimum absolute atomic E-state index is 0.142. The quantitative estimate of drug-likeness (QED) is 0.569. The lowest BCUT2D eigenvalue weighted by Gasteiger charge is -2.15. The second-order valence-electron chi connectivity index (χ2n) is 6.09. The van der Waals surface area contributed by atoms with Gasteiger partial charge in [-0.3, -0.25) is 0 Å². The van der Waals surface area contributed by atoms with Crippen LogP contribution < -0.4 is 4.90 Å². The highest BCUT2D eigenvalue weighted by molar-refractivity contribution is 8.13. The molecule has 1 fully saturated rings. The third kappa shape index (κ3) is 3.50. The van der Waals surface area contributed by atoms with Crippen molar-refractivity contribution in [2.24, 2.45) is 0 Å². The zero-order valence-electron chi connectivity index (χ0n) is 13.5. The average Bonchev–Trinajstić information content (AvgIpc) is 3.22. The molecule has 3 rings (SSSR count). The van der Waals surface area contributed by atoms with E-state index in [1.807, 2.05) is 0 Å². The molecule has 142 valence electrons. The van der Waals surface area contributed by atoms with E-state index in [1.54, 1.807) is 0 Å². The zero-order valence-corrected chi connectivity index (χ0v) is 15.1. The van der Waals surface area contributed by atoms with Crippen LogP contribution in [0.3, 0.4) is 0 Å². The van der Waals surface area contributed by atoms with Crippen LogP contribution in [0.5, 0.6) is 0 Å². The van der Waals surface area contributed by atoms with Gasteiger partial charge in [0.15, 0.2) is 0 Å². The number of rotatable bonds is 4. The summed E-state index contributed by atoms with van der Waals surface area (Å²) in [6.07, 6.45) is -3.48. The maximum atomic E-state index is 14.6. The number of hydrogen-bond donors (Lipinski definition) is 0. The molecule has 1 saturated carbocycles. The standard InChI is InChI=1S/C14H13ClF4N4O2S/c1-22(2)13-20-12(14(17,18)19)21-23(13)10-6-11(26(15,24)25)8(5-9(10)16)7-3-4-7/h5-7H,3-4H2,1-2H3. The van der Waals surface area contributed by atoms with Gasteiger partial charge in [0.2, 0.25) is 5.95 Å². The molecule has 2 aromatic rings. The van der Waals surface area contributed by atoms with Gasteiger partial charge in [0, 0.05) is 24.8 Å². The lowest BCUT2D eigenvalue weighted by Crippen LogP contribution is -2.16. The summed E-state index contributed by atoms with van der Waals surface area (Å²) in [5.41, 5.74) is -0.274. The Morgan fingerprint density at radius 3 is 2.35 bits per heavy atom. The molecular weight excluding hydrogens is 400 g/mol. The molecule has 0 saturated heterocycles. The summed E-state index contributed by atoms with van der Waals surface area (Å²) in [4.78, 5) is 4.22. The molecule has 0 amide bonds. The first kappa shape index (κ1) is 18.9. The Balaban J connectivity index is 2.26. The van der Waals surface area contributed by atoms with Crippen molar-refractivity contribution in [3.63, 3.8) is 0 Å². The van der Waals surface area contributed by atoms with E-state index < -0.39 is 32.6 Å². The molecule has 1 heterocycles. The lowest BCUT2D eigenvalue weighted by molar-refractivity contribution is -0.144. The van der Waals surface area contributed by atoms with Crippen molar-refractivity contribution in [3.8, 4) is 5.69 Å². The molecule has 1 aromatic heterocycles. The number of alkyl halides is 3. The van der Waals surface area contributed by atoms with Crippen LogP contribution in [0.4, 0.5) is 23.5 Å². The van der Waals surface area contributed by atoms with Crippen molar-refractivity contribution in [1.82, 2.24) is 14.8 Å². The van der Waals surface area contributed by atoms with Gasteiger partial charge in [-0.1, -0.05) is 0 Å². The highest BCUT2D eigenvalue weighted by atomic mass is 35.7. The predicted molar refractivity (Wildman–Crippen MR) is 85.7 cm³/mol. The molecule has 0 unspecified atom stereocenters. The van der Waals surface area contributed by atoms with E-state index in [0.29, 0.717) is 17.5 Å². The zero-order chi connectivity index (χ0) is 19.4. The van der Waals surface area contributed by atoms with Gasteiger partial charge in [-0.25, -0.2) is 12.8 Å². The monoisotopic (exact) mass is 412 g/mol. The second-order valence-corrected chi connectivity index (χ2v) is 8.63. The van der Waals surface area contributed by atoms with Gasteiger partial charge in [0.05, 0.1) is 4.90 Å². The summed E-state index contributed by atoms with van der Waals surface area (Å²) in [5, 5.41) is 3.31. The van der Waals surface area contributed by atoms with Crippen LogP contribution in [0.25, 0.3) is 5.69 Å². The first-order chi connectivity index (χ1) is 11.9. The van der Waals surface area contributed by atoms with Gasteiger partial charge in [-0.05, 0) is 36.5 Å². The fourth-order valence-corrected chi connectivity index (χ4v) is 3.68. The molecule has 6 nitrogen and oxygen atoms in total. The number of anilines is 1. The normalized spacial score (nSPS) is 15.3. The van der Waals surface area contributed by atoms with Crippen LogP contribution in [0.1, 0.15) is 30.1 Å². The Hall–Kier alpha value is -1.88. The molecule has 12 heteroatoms. The van der Waals surface area contributed by atoms with Crippen LogP contribution in [-0.2, 0) is 15.2 Å². The molecule has 0 bridgehead atoms. The van der Waals surface area contributed by atoms with Crippen molar-refractivity contribution >= 4 is 25.7 Å². The van der Waals surface area contributed by atoms with Crippen LogP contribution in [0.2, 0.25) is 0 Å². The number of halogens is 5. The van der Waals surface area contributed by atoms with E-state index in [-0.39, 0.29) is 22.3 Å². The molecule has 0 atom stereocenters. The van der Waals surface area contributed by atoms with Crippen molar-refractivity contribution < 1.29 is 26.0 Å². The van der Waals surface area contributed by atoms with Gasteiger partial charge in [0.1, 0.15) is 11.5 Å². The van der Waals surface area contributed by atoms with E-state index in [1.165, 1.54) is 19.0 Å². The third-order valence-electron chi connectivity index (χ3n) is 3.83. The van der Waals surface area contributed by atoms with Gasteiger partial charge in [-0.2, -0.15) is 22.8 Å². The summed E-state index contributed by atoms with van der Waals surface area (Å²) < 4.78 is 77.8. The molecule has 0 N–H and O–H groups in total. The van der Waals surface area contributed by atoms with Gasteiger partial charge in [-0.15, -0.1) is 5.10 Å². The molecule has 0 radical (unpaired) electrons. The summed E-state index contributed by atoms with van der Waals surface area (Å²) in [6.45, 7) is 0. The first-order valence-electron chi connectivity index (χ1n) is 7.39. The van der Waals surface area contributed by atoms with Crippen LogP contribution in [0, 0.1) is 5.82 Å². The van der Waals surface area contributed by atoms with Crippen molar-refractivity contribution in [3.05, 3.63) is 29.3 Å². The number of nitrogens with zero attached hydrogens (tertiary/aromatic N) is 4. The fourth-order valence-electron chi connectivity index (χ4n) is 2.52. The van der Waals surface area contributed by atoms with Gasteiger partial charge in [0.25, 0.3) is 14.9 Å². The molecule has 1 aliphatic rings. The van der Waals surface area contributed by atoms with Gasteiger partial charge >= 0.3 is 6.18 Å². The minimum atomic E-state index is -4.85. The third-order valence-corrected chi connectivity index (χ3v) is 5.21. The maximum absolute atomic E-state index is 14.6. The lowest BCUT2D eigenvalue weighted by atomic mass is 10.1. The summed E-state index contributed by atoms with van der Waals surface area (Å²) >= 11 is 0. The minimum Gasteiger partial charge on any atom is -0.347 e. The van der Waals surface area contributed by atoms with E-state index in [0.717, 1.165) is 12.1 Å². The van der Waals surface area contributed by atoms with Crippen LogP contribution >= 0.6 is 10.7 Å². The molecular formula is C14H13ClF4N4O2S. The smallest absolute Gasteiger partial charge is 0.347 e. The van der Waals surface area contributed by atoms with E-state index in [4.69, 9.17) is 10.7 Å². The van der Waals surface area contributed by atoms with Crippen LogP contribution in [0.15, 0.2) is 17.0 Å². The summed E-state index contributed by atoms with van der Waals surface area (Å²) in [7, 11) is 4.01. The number of aromatic nitrogens is 3.